The number of ether oxygens (including phenoxy) is 2. The Morgan fingerprint density at radius 1 is 1.42 bits per heavy atom. The van der Waals surface area contributed by atoms with Gasteiger partial charge < -0.3 is 9.47 Å². The van der Waals surface area contributed by atoms with E-state index in [1.165, 1.54) is 0 Å². The summed E-state index contributed by atoms with van der Waals surface area (Å²) in [7, 11) is 0. The molecule has 1 amide bonds. The lowest BCUT2D eigenvalue weighted by Crippen LogP contribution is -2.34. The molecule has 1 rings (SSSR count). The van der Waals surface area contributed by atoms with Gasteiger partial charge in [0, 0.05) is 5.56 Å². The number of halogens is 1. The fourth-order valence-corrected chi connectivity index (χ4v) is 1.69. The third kappa shape index (κ3) is 5.30. The van der Waals surface area contributed by atoms with Crippen LogP contribution in [0.25, 0.3) is 0 Å². The Kier molecular flexibility index (Phi) is 5.35. The summed E-state index contributed by atoms with van der Waals surface area (Å²) in [5.41, 5.74) is -0.0722. The van der Waals surface area contributed by atoms with Crippen molar-refractivity contribution in [2.75, 3.05) is 6.73 Å². The van der Waals surface area contributed by atoms with E-state index in [1.54, 1.807) is 39.0 Å². The molecule has 0 spiro atoms. The van der Waals surface area contributed by atoms with Crippen LogP contribution in [0.15, 0.2) is 22.7 Å². The molecule has 0 unspecified atom stereocenters. The van der Waals surface area contributed by atoms with Crippen LogP contribution in [0.4, 0.5) is 4.79 Å². The van der Waals surface area contributed by atoms with Crippen LogP contribution in [0.1, 0.15) is 31.1 Å². The van der Waals surface area contributed by atoms with Gasteiger partial charge in [-0.05, 0) is 42.8 Å². The summed E-state index contributed by atoms with van der Waals surface area (Å²) < 4.78 is 11.0. The first kappa shape index (κ1) is 15.5. The lowest BCUT2D eigenvalue weighted by Gasteiger charge is -2.19. The van der Waals surface area contributed by atoms with E-state index in [0.717, 1.165) is 6.29 Å². The third-order valence-electron chi connectivity index (χ3n) is 1.96. The highest BCUT2D eigenvalue weighted by Crippen LogP contribution is 2.27. The lowest BCUT2D eigenvalue weighted by atomic mass is 10.2. The average molecular weight is 330 g/mol. The first-order valence-corrected chi connectivity index (χ1v) is 6.46. The quantitative estimate of drug-likeness (QED) is 0.680. The molecule has 1 aromatic rings. The highest BCUT2D eigenvalue weighted by atomic mass is 79.9. The van der Waals surface area contributed by atoms with Crippen molar-refractivity contribution in [2.24, 2.45) is 0 Å². The van der Waals surface area contributed by atoms with Crippen LogP contribution in [0.2, 0.25) is 0 Å². The largest absolute Gasteiger partial charge is 0.472 e. The van der Waals surface area contributed by atoms with Gasteiger partial charge in [-0.1, -0.05) is 12.1 Å². The first-order valence-electron chi connectivity index (χ1n) is 5.67. The van der Waals surface area contributed by atoms with E-state index in [0.29, 0.717) is 15.8 Å². The number of rotatable bonds is 4. The van der Waals surface area contributed by atoms with Crippen LogP contribution >= 0.6 is 15.9 Å². The predicted octanol–water partition coefficient (Wildman–Crippen LogP) is 3.12. The lowest BCUT2D eigenvalue weighted by molar-refractivity contribution is 0.0485. The number of amides is 1. The molecule has 0 aromatic heterocycles. The van der Waals surface area contributed by atoms with Crippen LogP contribution in [-0.4, -0.2) is 24.7 Å². The van der Waals surface area contributed by atoms with Crippen LogP contribution in [0, 0.1) is 0 Å². The van der Waals surface area contributed by atoms with E-state index in [2.05, 4.69) is 21.2 Å². The number of benzene rings is 1. The van der Waals surface area contributed by atoms with Crippen molar-refractivity contribution >= 4 is 28.3 Å². The van der Waals surface area contributed by atoms with E-state index in [1.807, 2.05) is 0 Å². The van der Waals surface area contributed by atoms with Crippen LogP contribution in [-0.2, 0) is 4.74 Å². The summed E-state index contributed by atoms with van der Waals surface area (Å²) in [5, 5.41) is 2.46. The van der Waals surface area contributed by atoms with Gasteiger partial charge in [0.05, 0.1) is 4.47 Å². The zero-order valence-electron chi connectivity index (χ0n) is 11.0. The highest BCUT2D eigenvalue weighted by Gasteiger charge is 2.15. The molecule has 19 heavy (non-hydrogen) atoms. The number of carbonyl (C=O) groups excluding carboxylic acids is 2. The summed E-state index contributed by atoms with van der Waals surface area (Å²) in [6.45, 7) is 5.28. The normalized spacial score (nSPS) is 10.7. The molecular weight excluding hydrogens is 314 g/mol. The highest BCUT2D eigenvalue weighted by molar-refractivity contribution is 9.10. The summed E-state index contributed by atoms with van der Waals surface area (Å²) >= 11 is 3.26. The van der Waals surface area contributed by atoms with Crippen LogP contribution < -0.4 is 10.1 Å². The molecule has 104 valence electrons. The second-order valence-corrected chi connectivity index (χ2v) is 5.54. The predicted molar refractivity (Wildman–Crippen MR) is 74.4 cm³/mol. The Hall–Kier alpha value is -1.56. The number of hydrogen-bond donors (Lipinski definition) is 1. The van der Waals surface area contributed by atoms with Crippen molar-refractivity contribution in [1.82, 2.24) is 5.32 Å². The molecule has 0 saturated carbocycles. The zero-order valence-corrected chi connectivity index (χ0v) is 12.6. The Morgan fingerprint density at radius 3 is 2.68 bits per heavy atom. The van der Waals surface area contributed by atoms with Gasteiger partial charge in [0.2, 0.25) is 0 Å². The molecule has 0 aliphatic carbocycles. The Bertz CT molecular complexity index is 468. The molecule has 5 nitrogen and oxygen atoms in total. The van der Waals surface area contributed by atoms with Crippen molar-refractivity contribution in [1.29, 1.82) is 0 Å². The molecule has 0 radical (unpaired) electrons. The Balaban J connectivity index is 2.50. The Morgan fingerprint density at radius 2 is 2.11 bits per heavy atom. The second kappa shape index (κ2) is 6.56. The maximum Gasteiger partial charge on any atom is 0.410 e. The smallest absolute Gasteiger partial charge is 0.410 e. The number of carbonyl (C=O) groups is 2. The molecule has 0 saturated heterocycles. The summed E-state index contributed by atoms with van der Waals surface area (Å²) in [5.74, 6) is 0.473. The van der Waals surface area contributed by atoms with Gasteiger partial charge in [-0.3, -0.25) is 10.1 Å². The van der Waals surface area contributed by atoms with E-state index >= 15 is 0 Å². The molecular formula is C13H16BrNO4. The third-order valence-corrected chi connectivity index (χ3v) is 2.81. The summed E-state index contributed by atoms with van der Waals surface area (Å²) in [6.07, 6.45) is 0.160. The van der Waals surface area contributed by atoms with Crippen molar-refractivity contribution < 1.29 is 19.1 Å². The number of hydrogen-bond acceptors (Lipinski definition) is 4. The number of alkyl carbamates (subject to hydrolysis) is 1. The van der Waals surface area contributed by atoms with Crippen LogP contribution in [0.3, 0.4) is 0 Å². The van der Waals surface area contributed by atoms with Gasteiger partial charge in [-0.2, -0.15) is 0 Å². The maximum atomic E-state index is 11.4. The number of nitrogens with one attached hydrogen (secondary N) is 1. The zero-order chi connectivity index (χ0) is 14.5. The molecule has 0 fully saturated rings. The van der Waals surface area contributed by atoms with Crippen molar-refractivity contribution in [2.45, 2.75) is 26.4 Å². The summed E-state index contributed by atoms with van der Waals surface area (Å²) in [6, 6.07) is 5.04. The first-order chi connectivity index (χ1) is 8.83. The minimum absolute atomic E-state index is 0.0458. The van der Waals surface area contributed by atoms with E-state index in [4.69, 9.17) is 9.47 Å². The fourth-order valence-electron chi connectivity index (χ4n) is 1.22. The molecule has 1 N–H and O–H groups in total. The topological polar surface area (TPSA) is 64.6 Å². The fraction of sp³-hybridized carbons (Fsp3) is 0.385. The molecule has 1 aromatic carbocycles. The molecule has 0 heterocycles. The maximum absolute atomic E-state index is 11.4. The van der Waals surface area contributed by atoms with Gasteiger partial charge in [0.15, 0.2) is 13.0 Å². The van der Waals surface area contributed by atoms with Gasteiger partial charge in [-0.15, -0.1) is 0 Å². The van der Waals surface area contributed by atoms with Crippen molar-refractivity contribution in [3.63, 3.8) is 0 Å². The average Bonchev–Trinajstić information content (AvgIpc) is 2.29. The van der Waals surface area contributed by atoms with E-state index < -0.39 is 11.7 Å². The monoisotopic (exact) mass is 329 g/mol. The minimum Gasteiger partial charge on any atom is -0.472 e. The molecule has 0 atom stereocenters. The van der Waals surface area contributed by atoms with Gasteiger partial charge in [0.25, 0.3) is 0 Å². The Labute approximate surface area is 120 Å². The van der Waals surface area contributed by atoms with Gasteiger partial charge in [-0.25, -0.2) is 4.79 Å². The van der Waals surface area contributed by atoms with Crippen molar-refractivity contribution in [3.8, 4) is 5.75 Å². The molecule has 0 aliphatic rings. The van der Waals surface area contributed by atoms with Gasteiger partial charge >= 0.3 is 6.09 Å². The standard InChI is InChI=1S/C13H16BrNO4/c1-13(2,3)19-12(17)15-8-18-10-6-4-5-9(7-16)11(10)14/h4-7H,8H2,1-3H3,(H,15,17). The molecule has 6 heteroatoms. The van der Waals surface area contributed by atoms with E-state index in [9.17, 15) is 9.59 Å². The number of aldehydes is 1. The van der Waals surface area contributed by atoms with Crippen molar-refractivity contribution in [3.05, 3.63) is 28.2 Å². The van der Waals surface area contributed by atoms with E-state index in [-0.39, 0.29) is 6.73 Å². The van der Waals surface area contributed by atoms with Gasteiger partial charge in [0.1, 0.15) is 11.4 Å². The second-order valence-electron chi connectivity index (χ2n) is 4.74. The summed E-state index contributed by atoms with van der Waals surface area (Å²) in [4.78, 5) is 22.1. The molecule has 0 aliphatic heterocycles. The SMILES string of the molecule is CC(C)(C)OC(=O)NCOc1cccc(C=O)c1Br. The minimum atomic E-state index is -0.560. The van der Waals surface area contributed by atoms with Crippen LogP contribution in [0.5, 0.6) is 5.75 Å². The molecule has 0 bridgehead atoms.